The number of carbonyl (C=O) groups is 1. The highest BCUT2D eigenvalue weighted by Crippen LogP contribution is 2.23. The van der Waals surface area contributed by atoms with Gasteiger partial charge in [0.2, 0.25) is 0 Å². The van der Waals surface area contributed by atoms with E-state index in [0.29, 0.717) is 0 Å². The number of thioether (sulfide) groups is 1. The summed E-state index contributed by atoms with van der Waals surface area (Å²) in [7, 11) is 3.24. The van der Waals surface area contributed by atoms with Gasteiger partial charge in [-0.25, -0.2) is 0 Å². The summed E-state index contributed by atoms with van der Waals surface area (Å²) in [5.74, 6) is 0.885. The predicted octanol–water partition coefficient (Wildman–Crippen LogP) is 3.72. The summed E-state index contributed by atoms with van der Waals surface area (Å²) < 4.78 is 4.85. The van der Waals surface area contributed by atoms with Gasteiger partial charge in [-0.3, -0.25) is 4.79 Å². The maximum atomic E-state index is 11.7. The summed E-state index contributed by atoms with van der Waals surface area (Å²) in [6.07, 6.45) is 2.89. The molecule has 4 heteroatoms. The van der Waals surface area contributed by atoms with Gasteiger partial charge in [0.05, 0.1) is 7.11 Å². The first-order valence-corrected chi connectivity index (χ1v) is 8.39. The van der Waals surface area contributed by atoms with E-state index in [1.165, 1.54) is 23.1 Å². The maximum Gasteiger partial charge on any atom is 0.325 e. The molecule has 0 spiro atoms. The van der Waals surface area contributed by atoms with Gasteiger partial charge in [0.15, 0.2) is 0 Å². The van der Waals surface area contributed by atoms with Crippen LogP contribution in [-0.2, 0) is 9.53 Å². The monoisotopic (exact) mass is 309 g/mol. The average molecular weight is 309 g/mol. The number of methoxy groups -OCH3 is 1. The summed E-state index contributed by atoms with van der Waals surface area (Å²) in [5.41, 5.74) is 2.11. The number of benzene rings is 1. The van der Waals surface area contributed by atoms with Crippen LogP contribution in [-0.4, -0.2) is 31.4 Å². The molecular weight excluding hydrogens is 282 g/mol. The quantitative estimate of drug-likeness (QED) is 0.451. The van der Waals surface area contributed by atoms with Crippen molar-refractivity contribution in [1.29, 1.82) is 0 Å². The van der Waals surface area contributed by atoms with E-state index in [2.05, 4.69) is 37.4 Å². The highest BCUT2D eigenvalue weighted by Gasteiger charge is 2.31. The molecule has 0 aromatic heterocycles. The number of aryl methyl sites for hydroxylation is 2. The van der Waals surface area contributed by atoms with Crippen LogP contribution in [0.25, 0.3) is 0 Å². The van der Waals surface area contributed by atoms with E-state index < -0.39 is 5.54 Å². The van der Waals surface area contributed by atoms with Gasteiger partial charge in [0.1, 0.15) is 5.54 Å². The SMILES string of the molecule is CNC(C)(CCCCSc1ccc(C)c(C)c1)C(=O)OC. The van der Waals surface area contributed by atoms with Gasteiger partial charge < -0.3 is 10.1 Å². The van der Waals surface area contributed by atoms with Gasteiger partial charge in [0, 0.05) is 4.90 Å². The van der Waals surface area contributed by atoms with Crippen molar-refractivity contribution in [3.05, 3.63) is 29.3 Å². The van der Waals surface area contributed by atoms with Crippen molar-refractivity contribution in [2.24, 2.45) is 0 Å². The fraction of sp³-hybridized carbons (Fsp3) is 0.588. The zero-order valence-corrected chi connectivity index (χ0v) is 14.6. The lowest BCUT2D eigenvalue weighted by molar-refractivity contribution is -0.148. The van der Waals surface area contributed by atoms with Crippen LogP contribution in [0, 0.1) is 13.8 Å². The Balaban J connectivity index is 2.34. The number of likely N-dealkylation sites (N-methyl/N-ethyl adjacent to an activating group) is 1. The van der Waals surface area contributed by atoms with E-state index in [9.17, 15) is 4.79 Å². The molecule has 118 valence electrons. The first-order chi connectivity index (χ1) is 9.92. The molecule has 0 aliphatic rings. The van der Waals surface area contributed by atoms with Gasteiger partial charge in [-0.1, -0.05) is 12.5 Å². The van der Waals surface area contributed by atoms with Crippen LogP contribution in [0.5, 0.6) is 0 Å². The lowest BCUT2D eigenvalue weighted by Gasteiger charge is -2.25. The lowest BCUT2D eigenvalue weighted by Crippen LogP contribution is -2.48. The van der Waals surface area contributed by atoms with Crippen LogP contribution in [0.1, 0.15) is 37.3 Å². The van der Waals surface area contributed by atoms with Gasteiger partial charge in [-0.05, 0) is 69.7 Å². The van der Waals surface area contributed by atoms with Crippen molar-refractivity contribution in [1.82, 2.24) is 5.32 Å². The second-order valence-corrected chi connectivity index (χ2v) is 6.79. The van der Waals surface area contributed by atoms with Gasteiger partial charge in [-0.15, -0.1) is 11.8 Å². The average Bonchev–Trinajstić information content (AvgIpc) is 2.49. The minimum atomic E-state index is -0.570. The van der Waals surface area contributed by atoms with Crippen molar-refractivity contribution < 1.29 is 9.53 Å². The number of ether oxygens (including phenoxy) is 1. The third-order valence-electron chi connectivity index (χ3n) is 4.01. The molecule has 1 aromatic rings. The Morgan fingerprint density at radius 2 is 2.00 bits per heavy atom. The molecule has 0 aliphatic carbocycles. The minimum absolute atomic E-state index is 0.188. The molecule has 0 heterocycles. The molecule has 0 radical (unpaired) electrons. The highest BCUT2D eigenvalue weighted by molar-refractivity contribution is 7.99. The Hall–Kier alpha value is -1.00. The summed E-state index contributed by atoms with van der Waals surface area (Å²) in [6.45, 7) is 6.18. The standard InChI is InChI=1S/C17H27NO2S/c1-13-8-9-15(12-14(13)2)21-11-7-6-10-17(3,18-4)16(19)20-5/h8-9,12,18H,6-7,10-11H2,1-5H3. The number of hydrogen-bond donors (Lipinski definition) is 1. The molecule has 1 N–H and O–H groups in total. The molecule has 1 aromatic carbocycles. The smallest absolute Gasteiger partial charge is 0.325 e. The number of nitrogens with one attached hydrogen (secondary N) is 1. The predicted molar refractivity (Wildman–Crippen MR) is 90.0 cm³/mol. The fourth-order valence-electron chi connectivity index (χ4n) is 2.13. The van der Waals surface area contributed by atoms with Crippen molar-refractivity contribution in [2.45, 2.75) is 50.5 Å². The first-order valence-electron chi connectivity index (χ1n) is 7.40. The Labute approximate surface area is 132 Å². The summed E-state index contributed by atoms with van der Waals surface area (Å²) in [4.78, 5) is 13.1. The number of unbranched alkanes of at least 4 members (excludes halogenated alkanes) is 1. The zero-order chi connectivity index (χ0) is 15.9. The van der Waals surface area contributed by atoms with Gasteiger partial charge in [-0.2, -0.15) is 0 Å². The van der Waals surface area contributed by atoms with Crippen LogP contribution in [0.2, 0.25) is 0 Å². The van der Waals surface area contributed by atoms with Crippen LogP contribution in [0.4, 0.5) is 0 Å². The number of hydrogen-bond acceptors (Lipinski definition) is 4. The van der Waals surface area contributed by atoms with Crippen molar-refractivity contribution >= 4 is 17.7 Å². The Morgan fingerprint density at radius 1 is 1.29 bits per heavy atom. The van der Waals surface area contributed by atoms with Crippen molar-refractivity contribution in [3.8, 4) is 0 Å². The fourth-order valence-corrected chi connectivity index (χ4v) is 3.14. The highest BCUT2D eigenvalue weighted by atomic mass is 32.2. The first kappa shape index (κ1) is 18.1. The van der Waals surface area contributed by atoms with E-state index in [0.717, 1.165) is 25.0 Å². The largest absolute Gasteiger partial charge is 0.468 e. The third-order valence-corrected chi connectivity index (χ3v) is 5.09. The van der Waals surface area contributed by atoms with E-state index >= 15 is 0 Å². The van der Waals surface area contributed by atoms with Crippen LogP contribution >= 0.6 is 11.8 Å². The van der Waals surface area contributed by atoms with Gasteiger partial charge >= 0.3 is 5.97 Å². The second-order valence-electron chi connectivity index (χ2n) is 5.63. The van der Waals surface area contributed by atoms with E-state index in [1.54, 1.807) is 7.05 Å². The van der Waals surface area contributed by atoms with Crippen LogP contribution in [0.3, 0.4) is 0 Å². The van der Waals surface area contributed by atoms with Crippen LogP contribution < -0.4 is 5.32 Å². The van der Waals surface area contributed by atoms with E-state index in [-0.39, 0.29) is 5.97 Å². The van der Waals surface area contributed by atoms with E-state index in [1.807, 2.05) is 18.7 Å². The Kier molecular flexibility index (Phi) is 7.26. The Morgan fingerprint density at radius 3 is 2.57 bits per heavy atom. The minimum Gasteiger partial charge on any atom is -0.468 e. The second kappa shape index (κ2) is 8.44. The van der Waals surface area contributed by atoms with E-state index in [4.69, 9.17) is 4.74 Å². The third kappa shape index (κ3) is 5.36. The summed E-state index contributed by atoms with van der Waals surface area (Å²) in [5, 5.41) is 3.07. The molecule has 0 bridgehead atoms. The number of rotatable bonds is 8. The molecule has 0 fully saturated rings. The normalized spacial score (nSPS) is 13.8. The molecule has 0 saturated carbocycles. The molecule has 1 unspecified atom stereocenters. The zero-order valence-electron chi connectivity index (χ0n) is 13.8. The molecule has 1 atom stereocenters. The van der Waals surface area contributed by atoms with Gasteiger partial charge in [0.25, 0.3) is 0 Å². The number of esters is 1. The summed E-state index contributed by atoms with van der Waals surface area (Å²) in [6, 6.07) is 6.60. The summed E-state index contributed by atoms with van der Waals surface area (Å²) >= 11 is 1.88. The van der Waals surface area contributed by atoms with Crippen molar-refractivity contribution in [2.75, 3.05) is 19.9 Å². The molecule has 0 amide bonds. The molecular formula is C17H27NO2S. The maximum absolute atomic E-state index is 11.7. The number of carbonyl (C=O) groups excluding carboxylic acids is 1. The van der Waals surface area contributed by atoms with Crippen molar-refractivity contribution in [3.63, 3.8) is 0 Å². The molecule has 0 aliphatic heterocycles. The lowest BCUT2D eigenvalue weighted by atomic mass is 9.95. The topological polar surface area (TPSA) is 38.3 Å². The Bertz CT molecular complexity index is 476. The van der Waals surface area contributed by atoms with Crippen LogP contribution in [0.15, 0.2) is 23.1 Å². The molecule has 0 saturated heterocycles. The molecule has 1 rings (SSSR count). The molecule has 3 nitrogen and oxygen atoms in total. The molecule has 21 heavy (non-hydrogen) atoms.